The van der Waals surface area contributed by atoms with Gasteiger partial charge in [0.15, 0.2) is 0 Å². The van der Waals surface area contributed by atoms with E-state index in [4.69, 9.17) is 0 Å². The zero-order chi connectivity index (χ0) is 16.3. The Hall–Kier alpha value is -1.13. The summed E-state index contributed by atoms with van der Waals surface area (Å²) in [5.74, 6) is 0. The zero-order valence-electron chi connectivity index (χ0n) is 13.9. The van der Waals surface area contributed by atoms with E-state index in [-0.39, 0.29) is 5.41 Å². The molecule has 0 heterocycles. The second kappa shape index (κ2) is 6.32. The number of hydrogen-bond donors (Lipinski definition) is 1. The zero-order valence-corrected chi connectivity index (χ0v) is 14.7. The lowest BCUT2D eigenvalue weighted by Gasteiger charge is -2.32. The van der Waals surface area contributed by atoms with E-state index < -0.39 is 15.6 Å². The van der Waals surface area contributed by atoms with Crippen LogP contribution in [0.15, 0.2) is 29.7 Å². The molecule has 0 spiro atoms. The maximum absolute atomic E-state index is 12.2. The smallest absolute Gasteiger partial charge is 0.208 e. The molecule has 1 N–H and O–H groups in total. The maximum atomic E-state index is 12.2. The fourth-order valence-corrected chi connectivity index (χ4v) is 3.87. The first-order chi connectivity index (χ1) is 9.39. The number of nitrogens with one attached hydrogen (secondary N) is 1. The van der Waals surface area contributed by atoms with E-state index in [1.54, 1.807) is 6.08 Å². The van der Waals surface area contributed by atoms with Crippen LogP contribution < -0.4 is 4.72 Å². The van der Waals surface area contributed by atoms with Crippen molar-refractivity contribution < 1.29 is 8.42 Å². The fraction of sp³-hybridized carbons (Fsp3) is 0.529. The van der Waals surface area contributed by atoms with E-state index in [0.717, 1.165) is 17.5 Å². The summed E-state index contributed by atoms with van der Waals surface area (Å²) in [6, 6.07) is 7.73. The van der Waals surface area contributed by atoms with Crippen LogP contribution in [0.5, 0.6) is 0 Å². The third-order valence-corrected chi connectivity index (χ3v) is 4.24. The minimum Gasteiger partial charge on any atom is -0.208 e. The van der Waals surface area contributed by atoms with Crippen molar-refractivity contribution >= 4 is 16.1 Å². The van der Waals surface area contributed by atoms with Gasteiger partial charge in [-0.3, -0.25) is 0 Å². The summed E-state index contributed by atoms with van der Waals surface area (Å²) in [7, 11) is -3.45. The van der Waals surface area contributed by atoms with Gasteiger partial charge in [-0.15, -0.1) is 0 Å². The average Bonchev–Trinajstić information content (AvgIpc) is 2.23. The van der Waals surface area contributed by atoms with Crippen molar-refractivity contribution in [2.75, 3.05) is 0 Å². The first kappa shape index (κ1) is 17.9. The molecule has 0 bridgehead atoms. The highest BCUT2D eigenvalue weighted by atomic mass is 32.2. The maximum Gasteiger partial charge on any atom is 0.234 e. The van der Waals surface area contributed by atoms with Crippen molar-refractivity contribution in [2.45, 2.75) is 53.5 Å². The summed E-state index contributed by atoms with van der Waals surface area (Å²) >= 11 is 0. The molecule has 118 valence electrons. The standard InChI is InChI=1S/C17H27NO2S/c1-14-7-9-15(10-8-14)11-12-21(19,20)18-17(5,6)13-16(2,3)4/h7-12,18H,13H2,1-6H3/b12-11+. The first-order valence-electron chi connectivity index (χ1n) is 7.17. The van der Waals surface area contributed by atoms with Gasteiger partial charge in [-0.1, -0.05) is 50.6 Å². The van der Waals surface area contributed by atoms with E-state index >= 15 is 0 Å². The van der Waals surface area contributed by atoms with Crippen LogP contribution in [0.4, 0.5) is 0 Å². The Morgan fingerprint density at radius 1 is 1.05 bits per heavy atom. The van der Waals surface area contributed by atoms with Crippen molar-refractivity contribution in [3.8, 4) is 0 Å². The predicted octanol–water partition coefficient (Wildman–Crippen LogP) is 4.10. The average molecular weight is 309 g/mol. The van der Waals surface area contributed by atoms with Crippen LogP contribution in [-0.4, -0.2) is 14.0 Å². The second-order valence-corrected chi connectivity index (χ2v) is 9.05. The van der Waals surface area contributed by atoms with E-state index in [2.05, 4.69) is 25.5 Å². The van der Waals surface area contributed by atoms with Gasteiger partial charge in [0.2, 0.25) is 10.0 Å². The monoisotopic (exact) mass is 309 g/mol. The summed E-state index contributed by atoms with van der Waals surface area (Å²) in [5, 5.41) is 1.24. The molecule has 0 aliphatic carbocycles. The molecular weight excluding hydrogens is 282 g/mol. The van der Waals surface area contributed by atoms with E-state index in [1.807, 2.05) is 45.0 Å². The van der Waals surface area contributed by atoms with Crippen LogP contribution >= 0.6 is 0 Å². The number of benzene rings is 1. The summed E-state index contributed by atoms with van der Waals surface area (Å²) in [6.07, 6.45) is 2.38. The molecule has 0 amide bonds. The van der Waals surface area contributed by atoms with Crippen LogP contribution in [0.1, 0.15) is 52.2 Å². The summed E-state index contributed by atoms with van der Waals surface area (Å²) in [4.78, 5) is 0. The highest BCUT2D eigenvalue weighted by molar-refractivity contribution is 7.92. The van der Waals surface area contributed by atoms with E-state index in [0.29, 0.717) is 0 Å². The van der Waals surface area contributed by atoms with Crippen LogP contribution in [0, 0.1) is 12.3 Å². The van der Waals surface area contributed by atoms with Crippen LogP contribution in [0.25, 0.3) is 6.08 Å². The molecule has 0 saturated heterocycles. The Kier molecular flexibility index (Phi) is 5.40. The molecule has 0 atom stereocenters. The van der Waals surface area contributed by atoms with E-state index in [1.165, 1.54) is 5.41 Å². The molecule has 0 aliphatic rings. The van der Waals surface area contributed by atoms with Gasteiger partial charge in [-0.25, -0.2) is 13.1 Å². The molecule has 0 aliphatic heterocycles. The SMILES string of the molecule is Cc1ccc(/C=C/S(=O)(=O)NC(C)(C)CC(C)(C)C)cc1. The molecule has 0 aromatic heterocycles. The number of rotatable bonds is 5. The van der Waals surface area contributed by atoms with Crippen molar-refractivity contribution in [2.24, 2.45) is 5.41 Å². The van der Waals surface area contributed by atoms with Gasteiger partial charge in [-0.2, -0.15) is 0 Å². The number of hydrogen-bond acceptors (Lipinski definition) is 2. The third-order valence-electron chi connectivity index (χ3n) is 2.91. The third kappa shape index (κ3) is 7.44. The van der Waals surface area contributed by atoms with Crippen LogP contribution in [0.2, 0.25) is 0 Å². The van der Waals surface area contributed by atoms with Crippen molar-refractivity contribution in [1.29, 1.82) is 0 Å². The Bertz CT molecular complexity index is 591. The van der Waals surface area contributed by atoms with Gasteiger partial charge in [0, 0.05) is 10.9 Å². The van der Waals surface area contributed by atoms with Gasteiger partial charge in [0.25, 0.3) is 0 Å². The lowest BCUT2D eigenvalue weighted by atomic mass is 9.82. The van der Waals surface area contributed by atoms with Crippen molar-refractivity contribution in [3.63, 3.8) is 0 Å². The molecule has 0 unspecified atom stereocenters. The van der Waals surface area contributed by atoms with Crippen LogP contribution in [0.3, 0.4) is 0 Å². The van der Waals surface area contributed by atoms with Gasteiger partial charge in [0.1, 0.15) is 0 Å². The summed E-state index contributed by atoms with van der Waals surface area (Å²) in [6.45, 7) is 12.1. The quantitative estimate of drug-likeness (QED) is 0.890. The summed E-state index contributed by atoms with van der Waals surface area (Å²) in [5.41, 5.74) is 1.61. The molecule has 1 rings (SSSR count). The van der Waals surface area contributed by atoms with E-state index in [9.17, 15) is 8.42 Å². The molecule has 21 heavy (non-hydrogen) atoms. The van der Waals surface area contributed by atoms with Gasteiger partial charge < -0.3 is 0 Å². The number of sulfonamides is 1. The lowest BCUT2D eigenvalue weighted by Crippen LogP contribution is -2.44. The topological polar surface area (TPSA) is 46.2 Å². The van der Waals surface area contributed by atoms with Gasteiger partial charge in [-0.05, 0) is 44.2 Å². The highest BCUT2D eigenvalue weighted by Gasteiger charge is 2.28. The fourth-order valence-electron chi connectivity index (χ4n) is 2.63. The molecule has 1 aromatic rings. The summed E-state index contributed by atoms with van der Waals surface area (Å²) < 4.78 is 27.1. The highest BCUT2D eigenvalue weighted by Crippen LogP contribution is 2.27. The van der Waals surface area contributed by atoms with Gasteiger partial charge in [0.05, 0.1) is 0 Å². The van der Waals surface area contributed by atoms with Crippen molar-refractivity contribution in [3.05, 3.63) is 40.8 Å². The number of aryl methyl sites for hydroxylation is 1. The second-order valence-electron chi connectivity index (χ2n) is 7.48. The minimum absolute atomic E-state index is 0.0622. The Balaban J connectivity index is 2.80. The Morgan fingerprint density at radius 2 is 1.57 bits per heavy atom. The Labute approximate surface area is 129 Å². The minimum atomic E-state index is -3.45. The molecule has 1 aromatic carbocycles. The lowest BCUT2D eigenvalue weighted by molar-refractivity contribution is 0.270. The molecule has 4 heteroatoms. The van der Waals surface area contributed by atoms with Gasteiger partial charge >= 0.3 is 0 Å². The predicted molar refractivity (Wildman–Crippen MR) is 90.4 cm³/mol. The normalized spacial score (nSPS) is 13.8. The molecular formula is C17H27NO2S. The molecule has 0 radical (unpaired) electrons. The Morgan fingerprint density at radius 3 is 2.05 bits per heavy atom. The molecule has 0 saturated carbocycles. The first-order valence-corrected chi connectivity index (χ1v) is 8.72. The van der Waals surface area contributed by atoms with Crippen LogP contribution in [-0.2, 0) is 10.0 Å². The molecule has 0 fully saturated rings. The molecule has 3 nitrogen and oxygen atoms in total. The van der Waals surface area contributed by atoms with Crippen molar-refractivity contribution in [1.82, 2.24) is 4.72 Å². The largest absolute Gasteiger partial charge is 0.234 e.